The van der Waals surface area contributed by atoms with Crippen LogP contribution >= 0.6 is 0 Å². The highest BCUT2D eigenvalue weighted by atomic mass is 32.2. The average molecular weight is 350 g/mol. The number of fused-ring (bicyclic) bond motifs is 1. The van der Waals surface area contributed by atoms with Gasteiger partial charge in [-0.1, -0.05) is 13.8 Å². The van der Waals surface area contributed by atoms with Crippen molar-refractivity contribution in [1.82, 2.24) is 4.31 Å². The Kier molecular flexibility index (Phi) is 4.71. The van der Waals surface area contributed by atoms with Crippen molar-refractivity contribution < 1.29 is 13.2 Å². The summed E-state index contributed by atoms with van der Waals surface area (Å²) in [6.07, 6.45) is 3.00. The molecule has 0 N–H and O–H groups in total. The quantitative estimate of drug-likeness (QED) is 0.842. The Morgan fingerprint density at radius 2 is 1.88 bits per heavy atom. The van der Waals surface area contributed by atoms with Crippen LogP contribution in [-0.2, 0) is 21.2 Å². The van der Waals surface area contributed by atoms with Crippen molar-refractivity contribution in [2.45, 2.75) is 57.4 Å². The van der Waals surface area contributed by atoms with E-state index in [2.05, 4.69) is 6.92 Å². The van der Waals surface area contributed by atoms with Gasteiger partial charge in [0.2, 0.25) is 15.9 Å². The molecule has 0 spiro atoms. The standard InChI is InChI=1S/C18H26N2O3S/c1-4-18(21)20-14(3)11-15-12-16(5-6-17(15)20)24(22,23)19-9-7-13(2)8-10-19/h5-6,12-14H,4,7-11H2,1-3H3/t14-/m0/s1. The molecule has 5 nitrogen and oxygen atoms in total. The number of carbonyl (C=O) groups excluding carboxylic acids is 1. The lowest BCUT2D eigenvalue weighted by atomic mass is 10.0. The highest BCUT2D eigenvalue weighted by molar-refractivity contribution is 7.89. The lowest BCUT2D eigenvalue weighted by Gasteiger charge is -2.29. The second-order valence-electron chi connectivity index (χ2n) is 7.05. The van der Waals surface area contributed by atoms with Crippen LogP contribution < -0.4 is 4.90 Å². The molecule has 0 bridgehead atoms. The van der Waals surface area contributed by atoms with E-state index in [-0.39, 0.29) is 11.9 Å². The predicted molar refractivity (Wildman–Crippen MR) is 94.5 cm³/mol. The molecule has 2 aliphatic rings. The van der Waals surface area contributed by atoms with E-state index in [1.54, 1.807) is 27.4 Å². The SMILES string of the molecule is CCC(=O)N1c2ccc(S(=O)(=O)N3CCC(C)CC3)cc2C[C@@H]1C. The van der Waals surface area contributed by atoms with Gasteiger partial charge in [0.1, 0.15) is 0 Å². The van der Waals surface area contributed by atoms with Gasteiger partial charge in [0.05, 0.1) is 4.90 Å². The molecule has 3 rings (SSSR count). The Balaban J connectivity index is 1.90. The first kappa shape index (κ1) is 17.4. The average Bonchev–Trinajstić information content (AvgIpc) is 2.89. The maximum atomic E-state index is 12.9. The van der Waals surface area contributed by atoms with E-state index in [1.807, 2.05) is 13.8 Å². The zero-order valence-corrected chi connectivity index (χ0v) is 15.5. The molecular formula is C18H26N2O3S. The molecule has 0 aliphatic carbocycles. The van der Waals surface area contributed by atoms with Crippen LogP contribution in [0.3, 0.4) is 0 Å². The summed E-state index contributed by atoms with van der Waals surface area (Å²) in [7, 11) is -3.44. The Hall–Kier alpha value is -1.40. The summed E-state index contributed by atoms with van der Waals surface area (Å²) >= 11 is 0. The van der Waals surface area contributed by atoms with Gasteiger partial charge in [-0.05, 0) is 55.9 Å². The highest BCUT2D eigenvalue weighted by Gasteiger charge is 2.33. The van der Waals surface area contributed by atoms with Gasteiger partial charge >= 0.3 is 0 Å². The van der Waals surface area contributed by atoms with Crippen molar-refractivity contribution in [1.29, 1.82) is 0 Å². The normalized spacial score (nSPS) is 22.6. The van der Waals surface area contributed by atoms with Crippen LogP contribution in [-0.4, -0.2) is 37.8 Å². The van der Waals surface area contributed by atoms with E-state index >= 15 is 0 Å². The van der Waals surface area contributed by atoms with Crippen molar-refractivity contribution in [2.24, 2.45) is 5.92 Å². The molecule has 0 radical (unpaired) electrons. The third kappa shape index (κ3) is 2.97. The Labute approximate surface area is 144 Å². The Morgan fingerprint density at radius 1 is 1.21 bits per heavy atom. The number of benzene rings is 1. The van der Waals surface area contributed by atoms with Crippen molar-refractivity contribution in [3.8, 4) is 0 Å². The second-order valence-corrected chi connectivity index (χ2v) is 8.99. The van der Waals surface area contributed by atoms with E-state index in [4.69, 9.17) is 0 Å². The number of sulfonamides is 1. The molecule has 2 heterocycles. The van der Waals surface area contributed by atoms with Crippen LogP contribution in [0.4, 0.5) is 5.69 Å². The highest BCUT2D eigenvalue weighted by Crippen LogP contribution is 2.35. The molecule has 132 valence electrons. The topological polar surface area (TPSA) is 57.7 Å². The minimum Gasteiger partial charge on any atom is -0.309 e. The molecule has 1 saturated heterocycles. The first-order valence-electron chi connectivity index (χ1n) is 8.79. The molecule has 24 heavy (non-hydrogen) atoms. The maximum absolute atomic E-state index is 12.9. The molecule has 6 heteroatoms. The summed E-state index contributed by atoms with van der Waals surface area (Å²) in [5.74, 6) is 0.674. The molecule has 1 fully saturated rings. The van der Waals surface area contributed by atoms with E-state index in [0.717, 1.165) is 24.1 Å². The molecule has 0 saturated carbocycles. The summed E-state index contributed by atoms with van der Waals surface area (Å²) in [5, 5.41) is 0. The number of anilines is 1. The summed E-state index contributed by atoms with van der Waals surface area (Å²) < 4.78 is 27.4. The van der Waals surface area contributed by atoms with Crippen molar-refractivity contribution >= 4 is 21.6 Å². The first-order chi connectivity index (χ1) is 11.3. The van der Waals surface area contributed by atoms with E-state index < -0.39 is 10.0 Å². The zero-order valence-electron chi connectivity index (χ0n) is 14.7. The van der Waals surface area contributed by atoms with Gasteiger partial charge in [0.15, 0.2) is 0 Å². The van der Waals surface area contributed by atoms with Crippen LogP contribution in [0.5, 0.6) is 0 Å². The molecule has 0 unspecified atom stereocenters. The van der Waals surface area contributed by atoms with Crippen LogP contribution in [0.1, 0.15) is 45.6 Å². The molecular weight excluding hydrogens is 324 g/mol. The molecule has 1 aromatic rings. The van der Waals surface area contributed by atoms with Crippen LogP contribution in [0.2, 0.25) is 0 Å². The number of hydrogen-bond donors (Lipinski definition) is 0. The van der Waals surface area contributed by atoms with Gasteiger partial charge in [-0.3, -0.25) is 4.79 Å². The number of amides is 1. The third-order valence-corrected chi connectivity index (χ3v) is 7.11. The zero-order chi connectivity index (χ0) is 17.5. The van der Waals surface area contributed by atoms with Crippen molar-refractivity contribution in [3.05, 3.63) is 23.8 Å². The summed E-state index contributed by atoms with van der Waals surface area (Å²) in [6.45, 7) is 7.21. The summed E-state index contributed by atoms with van der Waals surface area (Å²) in [5.41, 5.74) is 1.82. The summed E-state index contributed by atoms with van der Waals surface area (Å²) in [4.78, 5) is 14.3. The van der Waals surface area contributed by atoms with Gasteiger partial charge in [-0.25, -0.2) is 8.42 Å². The number of hydrogen-bond acceptors (Lipinski definition) is 3. The molecule has 1 atom stereocenters. The fraction of sp³-hybridized carbons (Fsp3) is 0.611. The second kappa shape index (κ2) is 6.48. The lowest BCUT2D eigenvalue weighted by Crippen LogP contribution is -2.37. The monoisotopic (exact) mass is 350 g/mol. The lowest BCUT2D eigenvalue weighted by molar-refractivity contribution is -0.118. The maximum Gasteiger partial charge on any atom is 0.243 e. The van der Waals surface area contributed by atoms with Crippen molar-refractivity contribution in [2.75, 3.05) is 18.0 Å². The minimum absolute atomic E-state index is 0.0845. The number of nitrogens with zero attached hydrogens (tertiary/aromatic N) is 2. The van der Waals surface area contributed by atoms with Gasteiger partial charge < -0.3 is 4.90 Å². The van der Waals surface area contributed by atoms with Gasteiger partial charge in [0.25, 0.3) is 0 Å². The van der Waals surface area contributed by atoms with Gasteiger partial charge in [-0.15, -0.1) is 0 Å². The first-order valence-corrected chi connectivity index (χ1v) is 10.2. The smallest absolute Gasteiger partial charge is 0.243 e. The summed E-state index contributed by atoms with van der Waals surface area (Å²) in [6, 6.07) is 5.30. The van der Waals surface area contributed by atoms with Crippen molar-refractivity contribution in [3.63, 3.8) is 0 Å². The third-order valence-electron chi connectivity index (χ3n) is 5.22. The molecule has 1 aromatic carbocycles. The van der Waals surface area contributed by atoms with Crippen LogP contribution in [0.25, 0.3) is 0 Å². The predicted octanol–water partition coefficient (Wildman–Crippen LogP) is 2.79. The largest absolute Gasteiger partial charge is 0.309 e. The van der Waals surface area contributed by atoms with Crippen LogP contribution in [0.15, 0.2) is 23.1 Å². The Bertz CT molecular complexity index is 737. The number of carbonyl (C=O) groups is 1. The van der Waals surface area contributed by atoms with E-state index in [9.17, 15) is 13.2 Å². The van der Waals surface area contributed by atoms with Crippen LogP contribution in [0, 0.1) is 5.92 Å². The molecule has 1 amide bonds. The minimum atomic E-state index is -3.44. The fourth-order valence-corrected chi connectivity index (χ4v) is 5.21. The van der Waals surface area contributed by atoms with Gasteiger partial charge in [0, 0.05) is 31.2 Å². The van der Waals surface area contributed by atoms with E-state index in [0.29, 0.717) is 36.7 Å². The number of rotatable bonds is 3. The van der Waals surface area contributed by atoms with E-state index in [1.165, 1.54) is 0 Å². The Morgan fingerprint density at radius 3 is 2.50 bits per heavy atom. The van der Waals surface area contributed by atoms with Gasteiger partial charge in [-0.2, -0.15) is 4.31 Å². The number of piperidine rings is 1. The molecule has 2 aliphatic heterocycles. The fourth-order valence-electron chi connectivity index (χ4n) is 3.69. The molecule has 0 aromatic heterocycles.